The molecule has 4 heteroatoms. The van der Waals surface area contributed by atoms with Gasteiger partial charge in [0.2, 0.25) is 0 Å². The van der Waals surface area contributed by atoms with E-state index in [-0.39, 0.29) is 11.2 Å². The topological polar surface area (TPSA) is 38.9 Å². The fraction of sp³-hybridized carbons (Fsp3) is 0.400. The lowest BCUT2D eigenvalue weighted by atomic mass is 9.91. The smallest absolute Gasteiger partial charge is 0.136 e. The molecule has 1 heterocycles. The van der Waals surface area contributed by atoms with E-state index in [1.165, 1.54) is 11.3 Å². The van der Waals surface area contributed by atoms with E-state index < -0.39 is 0 Å². The minimum Gasteiger partial charge on any atom is -0.326 e. The molecule has 0 saturated heterocycles. The quantitative estimate of drug-likeness (QED) is 0.901. The molecule has 0 aliphatic rings. The summed E-state index contributed by atoms with van der Waals surface area (Å²) < 4.78 is 14.2. The van der Waals surface area contributed by atoms with Crippen molar-refractivity contribution < 1.29 is 4.39 Å². The maximum Gasteiger partial charge on any atom is 0.136 e. The number of nitrogens with zero attached hydrogens (tertiary/aromatic N) is 1. The number of thiazole rings is 1. The van der Waals surface area contributed by atoms with Crippen LogP contribution in [0.1, 0.15) is 36.9 Å². The normalized spacial score (nSPS) is 11.9. The number of aromatic nitrogens is 1. The van der Waals surface area contributed by atoms with Gasteiger partial charge in [-0.25, -0.2) is 9.37 Å². The van der Waals surface area contributed by atoms with E-state index in [9.17, 15) is 4.39 Å². The summed E-state index contributed by atoms with van der Waals surface area (Å²) in [5, 5.41) is 0.714. The van der Waals surface area contributed by atoms with E-state index in [4.69, 9.17) is 5.73 Å². The monoisotopic (exact) mass is 278 g/mol. The third-order valence-electron chi connectivity index (χ3n) is 3.02. The number of nitrogens with two attached hydrogens (primary N) is 1. The summed E-state index contributed by atoms with van der Waals surface area (Å²) in [7, 11) is 0. The van der Waals surface area contributed by atoms with Gasteiger partial charge < -0.3 is 5.73 Å². The molecule has 0 amide bonds. The maximum absolute atomic E-state index is 14.2. The summed E-state index contributed by atoms with van der Waals surface area (Å²) >= 11 is 1.49. The lowest BCUT2D eigenvalue weighted by Gasteiger charge is -2.16. The summed E-state index contributed by atoms with van der Waals surface area (Å²) in [5.74, 6) is -0.194. The fourth-order valence-electron chi connectivity index (χ4n) is 2.00. The third kappa shape index (κ3) is 2.69. The SMILES string of the molecule is Cc1cccc(-c2nc(C(C)(C)C)c(CN)s2)c1F. The summed E-state index contributed by atoms with van der Waals surface area (Å²) in [6.07, 6.45) is 0. The molecule has 0 unspecified atom stereocenters. The Labute approximate surface area is 117 Å². The zero-order valence-electron chi connectivity index (χ0n) is 11.7. The highest BCUT2D eigenvalue weighted by Crippen LogP contribution is 2.35. The lowest BCUT2D eigenvalue weighted by molar-refractivity contribution is 0.566. The van der Waals surface area contributed by atoms with Crippen molar-refractivity contribution in [2.24, 2.45) is 5.73 Å². The van der Waals surface area contributed by atoms with Crippen molar-refractivity contribution in [3.05, 3.63) is 40.2 Å². The summed E-state index contributed by atoms with van der Waals surface area (Å²) in [6, 6.07) is 5.39. The van der Waals surface area contributed by atoms with Gasteiger partial charge >= 0.3 is 0 Å². The molecule has 1 aromatic carbocycles. The molecule has 0 saturated carbocycles. The molecule has 0 atom stereocenters. The summed E-state index contributed by atoms with van der Waals surface area (Å²) in [5.41, 5.74) is 7.88. The van der Waals surface area contributed by atoms with Crippen LogP contribution in [0.15, 0.2) is 18.2 Å². The predicted molar refractivity (Wildman–Crippen MR) is 78.8 cm³/mol. The average molecular weight is 278 g/mol. The molecule has 2 rings (SSSR count). The molecule has 2 N–H and O–H groups in total. The van der Waals surface area contributed by atoms with E-state index in [1.54, 1.807) is 19.1 Å². The van der Waals surface area contributed by atoms with Crippen LogP contribution < -0.4 is 5.73 Å². The van der Waals surface area contributed by atoms with E-state index in [1.807, 2.05) is 6.07 Å². The molecule has 19 heavy (non-hydrogen) atoms. The first-order chi connectivity index (χ1) is 8.84. The zero-order valence-corrected chi connectivity index (χ0v) is 12.6. The molecular weight excluding hydrogens is 259 g/mol. The summed E-state index contributed by atoms with van der Waals surface area (Å²) in [4.78, 5) is 5.65. The van der Waals surface area contributed by atoms with Crippen molar-refractivity contribution in [2.45, 2.75) is 39.7 Å². The number of hydrogen-bond acceptors (Lipinski definition) is 3. The Morgan fingerprint density at radius 2 is 2.00 bits per heavy atom. The van der Waals surface area contributed by atoms with Crippen molar-refractivity contribution in [2.75, 3.05) is 0 Å². The van der Waals surface area contributed by atoms with Crippen LogP contribution in [-0.4, -0.2) is 4.98 Å². The molecule has 2 aromatic rings. The highest BCUT2D eigenvalue weighted by molar-refractivity contribution is 7.15. The molecule has 102 valence electrons. The van der Waals surface area contributed by atoms with Gasteiger partial charge in [-0.2, -0.15) is 0 Å². The Kier molecular flexibility index (Phi) is 3.74. The van der Waals surface area contributed by atoms with Crippen molar-refractivity contribution in [1.82, 2.24) is 4.98 Å². The van der Waals surface area contributed by atoms with Crippen LogP contribution in [0.4, 0.5) is 4.39 Å². The first kappa shape index (κ1) is 14.2. The van der Waals surface area contributed by atoms with E-state index in [2.05, 4.69) is 25.8 Å². The number of rotatable bonds is 2. The van der Waals surface area contributed by atoms with Crippen LogP contribution >= 0.6 is 11.3 Å². The lowest BCUT2D eigenvalue weighted by Crippen LogP contribution is -2.15. The summed E-state index contributed by atoms with van der Waals surface area (Å²) in [6.45, 7) is 8.49. The zero-order chi connectivity index (χ0) is 14.2. The number of aryl methyl sites for hydroxylation is 1. The van der Waals surface area contributed by atoms with Crippen LogP contribution in [0.2, 0.25) is 0 Å². The Morgan fingerprint density at radius 1 is 1.32 bits per heavy atom. The molecule has 0 fully saturated rings. The third-order valence-corrected chi connectivity index (χ3v) is 4.13. The van der Waals surface area contributed by atoms with Gasteiger partial charge in [0.25, 0.3) is 0 Å². The number of benzene rings is 1. The Balaban J connectivity index is 2.58. The van der Waals surface area contributed by atoms with Crippen LogP contribution in [0, 0.1) is 12.7 Å². The molecule has 0 bridgehead atoms. The average Bonchev–Trinajstić information content (AvgIpc) is 2.76. The molecule has 1 aromatic heterocycles. The van der Waals surface area contributed by atoms with Crippen molar-refractivity contribution in [1.29, 1.82) is 0 Å². The van der Waals surface area contributed by atoms with E-state index in [0.29, 0.717) is 22.7 Å². The van der Waals surface area contributed by atoms with Crippen LogP contribution in [0.3, 0.4) is 0 Å². The Morgan fingerprint density at radius 3 is 2.53 bits per heavy atom. The fourth-order valence-corrected chi connectivity index (χ4v) is 3.17. The van der Waals surface area contributed by atoms with E-state index >= 15 is 0 Å². The van der Waals surface area contributed by atoms with Gasteiger partial charge in [-0.15, -0.1) is 11.3 Å². The van der Waals surface area contributed by atoms with Gasteiger partial charge in [0, 0.05) is 22.4 Å². The maximum atomic E-state index is 14.2. The highest BCUT2D eigenvalue weighted by Gasteiger charge is 2.24. The number of halogens is 1. The minimum absolute atomic E-state index is 0.0796. The van der Waals surface area contributed by atoms with Gasteiger partial charge in [-0.05, 0) is 18.6 Å². The standard InChI is InChI=1S/C15H19FN2S/c1-9-6-5-7-10(12(9)16)14-18-13(15(2,3)4)11(8-17)19-14/h5-7H,8,17H2,1-4H3. The molecule has 0 spiro atoms. The number of hydrogen-bond donors (Lipinski definition) is 1. The Hall–Kier alpha value is -1.26. The van der Waals surface area contributed by atoms with Crippen LogP contribution in [0.25, 0.3) is 10.6 Å². The highest BCUT2D eigenvalue weighted by atomic mass is 32.1. The molecule has 0 aliphatic heterocycles. The second-order valence-electron chi connectivity index (χ2n) is 5.68. The first-order valence-electron chi connectivity index (χ1n) is 6.30. The van der Waals surface area contributed by atoms with Crippen molar-refractivity contribution in [3.8, 4) is 10.6 Å². The second kappa shape index (κ2) is 5.02. The van der Waals surface area contributed by atoms with Crippen molar-refractivity contribution in [3.63, 3.8) is 0 Å². The van der Waals surface area contributed by atoms with E-state index in [0.717, 1.165) is 10.6 Å². The van der Waals surface area contributed by atoms with Gasteiger partial charge in [0.05, 0.1) is 5.69 Å². The Bertz CT molecular complexity index is 597. The second-order valence-corrected chi connectivity index (χ2v) is 6.77. The van der Waals surface area contributed by atoms with Gasteiger partial charge in [-0.1, -0.05) is 32.9 Å². The molecule has 0 radical (unpaired) electrons. The first-order valence-corrected chi connectivity index (χ1v) is 7.12. The van der Waals surface area contributed by atoms with Gasteiger partial charge in [0.15, 0.2) is 0 Å². The largest absolute Gasteiger partial charge is 0.326 e. The molecule has 0 aliphatic carbocycles. The predicted octanol–water partition coefficient (Wildman–Crippen LogP) is 4.01. The minimum atomic E-state index is -0.194. The van der Waals surface area contributed by atoms with Crippen LogP contribution in [0.5, 0.6) is 0 Å². The van der Waals surface area contributed by atoms with Crippen LogP contribution in [-0.2, 0) is 12.0 Å². The van der Waals surface area contributed by atoms with Gasteiger partial charge in [-0.3, -0.25) is 0 Å². The molecule has 2 nitrogen and oxygen atoms in total. The van der Waals surface area contributed by atoms with Gasteiger partial charge in [0.1, 0.15) is 10.8 Å². The molecular formula is C15H19FN2S. The van der Waals surface area contributed by atoms with Crippen molar-refractivity contribution >= 4 is 11.3 Å².